The molecule has 1 aliphatic rings. The van der Waals surface area contributed by atoms with Crippen molar-refractivity contribution in [3.05, 3.63) is 120 Å². The molecule has 0 saturated carbocycles. The van der Waals surface area contributed by atoms with Crippen LogP contribution in [0, 0.1) is 6.92 Å². The molecule has 0 unspecified atom stereocenters. The van der Waals surface area contributed by atoms with Crippen molar-refractivity contribution in [3.63, 3.8) is 0 Å². The number of carbonyl (C=O) groups excluding carboxylic acids is 1. The van der Waals surface area contributed by atoms with Crippen LogP contribution in [-0.4, -0.2) is 18.4 Å². The van der Waals surface area contributed by atoms with Gasteiger partial charge in [0.1, 0.15) is 11.5 Å². The van der Waals surface area contributed by atoms with Gasteiger partial charge in [0.15, 0.2) is 0 Å². The number of carbonyl (C=O) groups is 1. The predicted octanol–water partition coefficient (Wildman–Crippen LogP) is 4.67. The lowest BCUT2D eigenvalue weighted by atomic mass is 10.0. The highest BCUT2D eigenvalue weighted by atomic mass is 31.2. The Morgan fingerprint density at radius 1 is 0.812 bits per heavy atom. The van der Waals surface area contributed by atoms with Crippen LogP contribution < -0.4 is 15.9 Å². The minimum Gasteiger partial charge on any atom is -0.465 e. The molecule has 0 atom stereocenters. The van der Waals surface area contributed by atoms with E-state index in [1.807, 2.05) is 79.7 Å². The van der Waals surface area contributed by atoms with Crippen LogP contribution >= 0.6 is 6.89 Å². The van der Waals surface area contributed by atoms with Gasteiger partial charge in [-0.1, -0.05) is 91.0 Å². The largest absolute Gasteiger partial charge is 0.465 e. The molecule has 1 aromatic heterocycles. The summed E-state index contributed by atoms with van der Waals surface area (Å²) >= 11 is 0. The Kier molecular flexibility index (Phi) is 5.20. The zero-order valence-corrected chi connectivity index (χ0v) is 18.9. The Labute approximate surface area is 188 Å². The third kappa shape index (κ3) is 3.09. The zero-order valence-electron chi connectivity index (χ0n) is 18.0. The Balaban J connectivity index is 2.02. The van der Waals surface area contributed by atoms with Gasteiger partial charge < -0.3 is 9.15 Å². The number of hydrogen-bond acceptors (Lipinski definition) is 3. The zero-order chi connectivity index (χ0) is 22.1. The number of esters is 1. The van der Waals surface area contributed by atoms with Gasteiger partial charge in [-0.2, -0.15) is 0 Å². The summed E-state index contributed by atoms with van der Waals surface area (Å²) in [7, 11) is 1.45. The molecule has 0 saturated heterocycles. The Hall–Kier alpha value is -3.55. The topological polar surface area (TPSA) is 39.4 Å². The van der Waals surface area contributed by atoms with Crippen LogP contribution in [0.1, 0.15) is 17.1 Å². The lowest BCUT2D eigenvalue weighted by Gasteiger charge is -2.33. The number of fused-ring (bicyclic) bond motifs is 1. The second-order valence-electron chi connectivity index (χ2n) is 7.71. The maximum absolute atomic E-state index is 13.4. The average Bonchev–Trinajstić information content (AvgIpc) is 3.25. The summed E-state index contributed by atoms with van der Waals surface area (Å²) in [5, 5.41) is 3.91. The molecule has 0 aliphatic carbocycles. The average molecular weight is 438 g/mol. The summed E-state index contributed by atoms with van der Waals surface area (Å²) in [4.78, 5) is 13.4. The lowest BCUT2D eigenvalue weighted by Crippen LogP contribution is -2.36. The maximum atomic E-state index is 13.4. The molecular formula is C28H23O3P. The molecule has 3 nitrogen and oxygen atoms in total. The van der Waals surface area contributed by atoms with E-state index in [-0.39, 0.29) is 5.97 Å². The molecule has 32 heavy (non-hydrogen) atoms. The van der Waals surface area contributed by atoms with Crippen molar-refractivity contribution < 1.29 is 13.9 Å². The molecule has 158 valence electrons. The quantitative estimate of drug-likeness (QED) is 0.343. The molecule has 0 bridgehead atoms. The van der Waals surface area contributed by atoms with Crippen molar-refractivity contribution in [2.45, 2.75) is 6.92 Å². The van der Waals surface area contributed by atoms with E-state index in [4.69, 9.17) is 9.15 Å². The summed E-state index contributed by atoms with van der Waals surface area (Å²) in [5.74, 6) is 1.32. The number of aryl methyl sites for hydroxylation is 1. The molecule has 4 heteroatoms. The van der Waals surface area contributed by atoms with Gasteiger partial charge in [0.2, 0.25) is 0 Å². The van der Waals surface area contributed by atoms with Gasteiger partial charge in [-0.15, -0.1) is 0 Å². The molecule has 0 fully saturated rings. The summed E-state index contributed by atoms with van der Waals surface area (Å²) in [6, 6.07) is 32.7. The van der Waals surface area contributed by atoms with Crippen LogP contribution in [0.5, 0.6) is 0 Å². The second kappa shape index (κ2) is 8.18. The first-order valence-electron chi connectivity index (χ1n) is 10.5. The fraction of sp³-hybridized carbons (Fsp3) is 0.0714. The van der Waals surface area contributed by atoms with Gasteiger partial charge in [-0.25, -0.2) is 4.79 Å². The first kappa shape index (κ1) is 20.4. The number of methoxy groups -OCH3 is 1. The summed E-state index contributed by atoms with van der Waals surface area (Å²) in [6.07, 6.45) is 1.99. The van der Waals surface area contributed by atoms with E-state index in [2.05, 4.69) is 30.3 Å². The number of benzene rings is 3. The van der Waals surface area contributed by atoms with E-state index in [0.717, 1.165) is 38.6 Å². The Morgan fingerprint density at radius 2 is 1.34 bits per heavy atom. The third-order valence-corrected chi connectivity index (χ3v) is 10.1. The molecule has 4 aromatic rings. The Morgan fingerprint density at radius 3 is 1.88 bits per heavy atom. The molecule has 2 heterocycles. The van der Waals surface area contributed by atoms with E-state index in [1.54, 1.807) is 0 Å². The van der Waals surface area contributed by atoms with Crippen LogP contribution in [0.15, 0.2) is 108 Å². The predicted molar refractivity (Wildman–Crippen MR) is 133 cm³/mol. The number of hydrogen-bond donors (Lipinski definition) is 0. The van der Waals surface area contributed by atoms with E-state index >= 15 is 0 Å². The normalized spacial score (nSPS) is 14.4. The first-order valence-corrected chi connectivity index (χ1v) is 12.3. The fourth-order valence-electron chi connectivity index (χ4n) is 4.51. The minimum absolute atomic E-state index is 0.316. The van der Waals surface area contributed by atoms with Crippen LogP contribution in [0.25, 0.3) is 5.57 Å². The molecule has 0 amide bonds. The Bertz CT molecular complexity index is 1320. The highest BCUT2D eigenvalue weighted by molar-refractivity contribution is 7.97. The van der Waals surface area contributed by atoms with Crippen molar-refractivity contribution >= 4 is 39.6 Å². The standard InChI is InChI=1S/C28H23O3P/c1-20-18-25-27(31-20)24(21-12-6-3-7-13-21)19-26(28(29)30-2)32(25,22-14-8-4-9-15-22)23-16-10-5-11-17-23/h3-19H,1-2H3. The third-order valence-electron chi connectivity index (χ3n) is 5.85. The van der Waals surface area contributed by atoms with Crippen LogP contribution in [0.3, 0.4) is 0 Å². The van der Waals surface area contributed by atoms with Crippen molar-refractivity contribution in [3.8, 4) is 0 Å². The van der Waals surface area contributed by atoms with Gasteiger partial charge in [0, 0.05) is 10.9 Å². The summed E-state index contributed by atoms with van der Waals surface area (Å²) in [6.45, 7) is -0.571. The van der Waals surface area contributed by atoms with Crippen LogP contribution in [0.4, 0.5) is 0 Å². The molecular weight excluding hydrogens is 415 g/mol. The van der Waals surface area contributed by atoms with Gasteiger partial charge in [-0.3, -0.25) is 0 Å². The highest BCUT2D eigenvalue weighted by Crippen LogP contribution is 2.52. The molecule has 3 aromatic carbocycles. The minimum atomic E-state index is -2.53. The number of furan rings is 1. The SMILES string of the molecule is COC(=O)C1=P(c2ccccc2)(c2ccccc2)c2cc(C)oc2C(c2ccccc2)=C1. The van der Waals surface area contributed by atoms with Gasteiger partial charge in [0.25, 0.3) is 0 Å². The van der Waals surface area contributed by atoms with E-state index < -0.39 is 6.89 Å². The smallest absolute Gasteiger partial charge is 0.338 e. The maximum Gasteiger partial charge on any atom is 0.338 e. The van der Waals surface area contributed by atoms with Gasteiger partial charge >= 0.3 is 5.97 Å². The van der Waals surface area contributed by atoms with E-state index in [9.17, 15) is 4.79 Å². The van der Waals surface area contributed by atoms with Crippen molar-refractivity contribution in [2.75, 3.05) is 7.11 Å². The van der Waals surface area contributed by atoms with Crippen molar-refractivity contribution in [1.29, 1.82) is 0 Å². The van der Waals surface area contributed by atoms with Crippen molar-refractivity contribution in [2.24, 2.45) is 0 Å². The molecule has 0 N–H and O–H groups in total. The summed E-state index contributed by atoms with van der Waals surface area (Å²) < 4.78 is 11.7. The summed E-state index contributed by atoms with van der Waals surface area (Å²) in [5.41, 5.74) is 1.90. The highest BCUT2D eigenvalue weighted by Gasteiger charge is 2.40. The number of ether oxygens (including phenoxy) is 1. The number of rotatable bonds is 4. The monoisotopic (exact) mass is 438 g/mol. The molecule has 0 spiro atoms. The molecule has 1 aliphatic heterocycles. The van der Waals surface area contributed by atoms with E-state index in [1.165, 1.54) is 7.11 Å². The molecule has 0 radical (unpaired) electrons. The second-order valence-corrected chi connectivity index (χ2v) is 11.1. The molecule has 5 rings (SSSR count). The van der Waals surface area contributed by atoms with Crippen LogP contribution in [0.2, 0.25) is 0 Å². The fourth-order valence-corrected chi connectivity index (χ4v) is 8.96. The van der Waals surface area contributed by atoms with Gasteiger partial charge in [0.05, 0.1) is 12.4 Å². The lowest BCUT2D eigenvalue weighted by molar-refractivity contribution is -0.132. The first-order chi connectivity index (χ1) is 15.7. The van der Waals surface area contributed by atoms with Crippen LogP contribution in [-0.2, 0) is 9.53 Å². The van der Waals surface area contributed by atoms with Crippen molar-refractivity contribution in [1.82, 2.24) is 0 Å². The van der Waals surface area contributed by atoms with E-state index in [0.29, 0.717) is 5.29 Å². The van der Waals surface area contributed by atoms with Gasteiger partial charge in [-0.05, 0) is 42.1 Å².